The SMILES string of the molecule is Cc1nc(-c2ccc(NC(=O)c3cccc(Br)c3)cc2)c(C)o1. The number of nitrogens with zero attached hydrogens (tertiary/aromatic N) is 1. The number of halogens is 1. The molecular weight excluding hydrogens is 356 g/mol. The van der Waals surface area contributed by atoms with Gasteiger partial charge in [-0.05, 0) is 37.3 Å². The molecule has 0 saturated carbocycles. The highest BCUT2D eigenvalue weighted by Crippen LogP contribution is 2.24. The molecule has 3 aromatic rings. The Morgan fingerprint density at radius 2 is 1.87 bits per heavy atom. The molecule has 0 aliphatic heterocycles. The molecule has 0 saturated heterocycles. The van der Waals surface area contributed by atoms with Crippen LogP contribution in [0.2, 0.25) is 0 Å². The summed E-state index contributed by atoms with van der Waals surface area (Å²) >= 11 is 3.36. The smallest absolute Gasteiger partial charge is 0.255 e. The Balaban J connectivity index is 1.77. The maximum absolute atomic E-state index is 12.2. The fraction of sp³-hybridized carbons (Fsp3) is 0.111. The lowest BCUT2D eigenvalue weighted by Crippen LogP contribution is -2.11. The second kappa shape index (κ2) is 6.38. The highest BCUT2D eigenvalue weighted by Gasteiger charge is 2.10. The summed E-state index contributed by atoms with van der Waals surface area (Å²) < 4.78 is 6.32. The van der Waals surface area contributed by atoms with Crippen LogP contribution in [0.5, 0.6) is 0 Å². The molecular formula is C18H15BrN2O2. The summed E-state index contributed by atoms with van der Waals surface area (Å²) in [6.45, 7) is 3.71. The van der Waals surface area contributed by atoms with Crippen LogP contribution in [0, 0.1) is 13.8 Å². The molecule has 3 rings (SSSR count). The zero-order chi connectivity index (χ0) is 16.4. The van der Waals surface area contributed by atoms with E-state index in [0.29, 0.717) is 11.5 Å². The van der Waals surface area contributed by atoms with E-state index in [-0.39, 0.29) is 5.91 Å². The molecule has 0 aliphatic carbocycles. The predicted octanol–water partition coefficient (Wildman–Crippen LogP) is 4.97. The topological polar surface area (TPSA) is 55.1 Å². The number of amides is 1. The summed E-state index contributed by atoms with van der Waals surface area (Å²) in [7, 11) is 0. The summed E-state index contributed by atoms with van der Waals surface area (Å²) in [6, 6.07) is 14.8. The summed E-state index contributed by atoms with van der Waals surface area (Å²) in [5.41, 5.74) is 3.12. The van der Waals surface area contributed by atoms with Crippen LogP contribution in [0.3, 0.4) is 0 Å². The van der Waals surface area contributed by atoms with Crippen LogP contribution in [0.1, 0.15) is 22.0 Å². The first kappa shape index (κ1) is 15.5. The second-order valence-electron chi connectivity index (χ2n) is 5.18. The molecule has 1 amide bonds. The average molecular weight is 371 g/mol. The van der Waals surface area contributed by atoms with Crippen molar-refractivity contribution in [3.05, 3.63) is 70.2 Å². The number of aromatic nitrogens is 1. The van der Waals surface area contributed by atoms with E-state index in [1.807, 2.05) is 50.2 Å². The largest absolute Gasteiger partial charge is 0.446 e. The van der Waals surface area contributed by atoms with Crippen LogP contribution < -0.4 is 5.32 Å². The molecule has 0 fully saturated rings. The van der Waals surface area contributed by atoms with Gasteiger partial charge in [0.25, 0.3) is 5.91 Å². The third-order valence-electron chi connectivity index (χ3n) is 3.41. The van der Waals surface area contributed by atoms with Crippen molar-refractivity contribution in [1.82, 2.24) is 4.98 Å². The van der Waals surface area contributed by atoms with Gasteiger partial charge in [-0.1, -0.05) is 34.1 Å². The number of carbonyl (C=O) groups excluding carboxylic acids is 1. The Hall–Kier alpha value is -2.40. The van der Waals surface area contributed by atoms with Gasteiger partial charge in [0, 0.05) is 28.2 Å². The number of anilines is 1. The minimum Gasteiger partial charge on any atom is -0.446 e. The van der Waals surface area contributed by atoms with Gasteiger partial charge in [0.15, 0.2) is 5.89 Å². The average Bonchev–Trinajstić information content (AvgIpc) is 2.86. The standard InChI is InChI=1S/C18H15BrN2O2/c1-11-17(20-12(2)23-11)13-6-8-16(9-7-13)21-18(22)14-4-3-5-15(19)10-14/h3-10H,1-2H3,(H,21,22). The molecule has 4 nitrogen and oxygen atoms in total. The first-order chi connectivity index (χ1) is 11.0. The Bertz CT molecular complexity index is 854. The van der Waals surface area contributed by atoms with Crippen molar-refractivity contribution in [3.8, 4) is 11.3 Å². The van der Waals surface area contributed by atoms with Crippen molar-refractivity contribution < 1.29 is 9.21 Å². The third kappa shape index (κ3) is 3.51. The molecule has 2 aromatic carbocycles. The van der Waals surface area contributed by atoms with Gasteiger partial charge >= 0.3 is 0 Å². The van der Waals surface area contributed by atoms with Gasteiger partial charge in [-0.25, -0.2) is 4.98 Å². The maximum Gasteiger partial charge on any atom is 0.255 e. The van der Waals surface area contributed by atoms with E-state index in [1.165, 1.54) is 0 Å². The van der Waals surface area contributed by atoms with Gasteiger partial charge in [-0.3, -0.25) is 4.79 Å². The van der Waals surface area contributed by atoms with Gasteiger partial charge in [-0.15, -0.1) is 0 Å². The van der Waals surface area contributed by atoms with Crippen molar-refractivity contribution in [2.75, 3.05) is 5.32 Å². The Labute approximate surface area is 142 Å². The van der Waals surface area contributed by atoms with Crippen molar-refractivity contribution in [1.29, 1.82) is 0 Å². The van der Waals surface area contributed by atoms with Crippen molar-refractivity contribution in [3.63, 3.8) is 0 Å². The molecule has 0 unspecified atom stereocenters. The minimum absolute atomic E-state index is 0.146. The number of hydrogen-bond acceptors (Lipinski definition) is 3. The predicted molar refractivity (Wildman–Crippen MR) is 93.5 cm³/mol. The molecule has 0 aliphatic rings. The summed E-state index contributed by atoms with van der Waals surface area (Å²) in [5.74, 6) is 1.28. The minimum atomic E-state index is -0.146. The third-order valence-corrected chi connectivity index (χ3v) is 3.90. The Morgan fingerprint density at radius 1 is 1.13 bits per heavy atom. The maximum atomic E-state index is 12.2. The number of rotatable bonds is 3. The van der Waals surface area contributed by atoms with Gasteiger partial charge in [0.2, 0.25) is 0 Å². The van der Waals surface area contributed by atoms with E-state index in [2.05, 4.69) is 26.2 Å². The molecule has 1 heterocycles. The molecule has 0 spiro atoms. The number of benzene rings is 2. The van der Waals surface area contributed by atoms with Gasteiger partial charge in [-0.2, -0.15) is 0 Å². The number of aryl methyl sites for hydroxylation is 2. The van der Waals surface area contributed by atoms with Crippen molar-refractivity contribution >= 4 is 27.5 Å². The van der Waals surface area contributed by atoms with Crippen LogP contribution in [-0.4, -0.2) is 10.9 Å². The van der Waals surface area contributed by atoms with Crippen LogP contribution in [0.4, 0.5) is 5.69 Å². The van der Waals surface area contributed by atoms with E-state index in [9.17, 15) is 4.79 Å². The molecule has 0 bridgehead atoms. The molecule has 0 radical (unpaired) electrons. The van der Waals surface area contributed by atoms with Crippen LogP contribution >= 0.6 is 15.9 Å². The highest BCUT2D eigenvalue weighted by molar-refractivity contribution is 9.10. The molecule has 1 aromatic heterocycles. The van der Waals surface area contributed by atoms with E-state index in [1.54, 1.807) is 12.1 Å². The highest BCUT2D eigenvalue weighted by atomic mass is 79.9. The van der Waals surface area contributed by atoms with E-state index >= 15 is 0 Å². The number of oxazole rings is 1. The molecule has 116 valence electrons. The van der Waals surface area contributed by atoms with Gasteiger partial charge in [0.05, 0.1) is 0 Å². The van der Waals surface area contributed by atoms with Crippen LogP contribution in [0.15, 0.2) is 57.4 Å². The first-order valence-electron chi connectivity index (χ1n) is 7.14. The van der Waals surface area contributed by atoms with Crippen LogP contribution in [-0.2, 0) is 0 Å². The van der Waals surface area contributed by atoms with E-state index < -0.39 is 0 Å². The summed E-state index contributed by atoms with van der Waals surface area (Å²) in [6.07, 6.45) is 0. The van der Waals surface area contributed by atoms with Gasteiger partial charge in [0.1, 0.15) is 11.5 Å². The van der Waals surface area contributed by atoms with Gasteiger partial charge < -0.3 is 9.73 Å². The number of carbonyl (C=O) groups is 1. The number of hydrogen-bond donors (Lipinski definition) is 1. The van der Waals surface area contributed by atoms with E-state index in [0.717, 1.165) is 27.2 Å². The normalized spacial score (nSPS) is 10.6. The number of nitrogens with one attached hydrogen (secondary N) is 1. The fourth-order valence-electron chi connectivity index (χ4n) is 2.34. The zero-order valence-corrected chi connectivity index (χ0v) is 14.3. The fourth-order valence-corrected chi connectivity index (χ4v) is 2.74. The lowest BCUT2D eigenvalue weighted by atomic mass is 10.1. The lowest BCUT2D eigenvalue weighted by Gasteiger charge is -2.06. The van der Waals surface area contributed by atoms with Crippen molar-refractivity contribution in [2.24, 2.45) is 0 Å². The second-order valence-corrected chi connectivity index (χ2v) is 6.10. The summed E-state index contributed by atoms with van der Waals surface area (Å²) in [4.78, 5) is 16.6. The molecule has 5 heteroatoms. The molecule has 0 atom stereocenters. The van der Waals surface area contributed by atoms with Crippen molar-refractivity contribution in [2.45, 2.75) is 13.8 Å². The summed E-state index contributed by atoms with van der Waals surface area (Å²) in [5, 5.41) is 2.88. The Kier molecular flexibility index (Phi) is 4.30. The lowest BCUT2D eigenvalue weighted by molar-refractivity contribution is 0.102. The quantitative estimate of drug-likeness (QED) is 0.707. The Morgan fingerprint density at radius 3 is 2.48 bits per heavy atom. The van der Waals surface area contributed by atoms with Crippen LogP contribution in [0.25, 0.3) is 11.3 Å². The molecule has 23 heavy (non-hydrogen) atoms. The molecule has 1 N–H and O–H groups in total. The first-order valence-corrected chi connectivity index (χ1v) is 7.93. The monoisotopic (exact) mass is 370 g/mol. The van der Waals surface area contributed by atoms with E-state index in [4.69, 9.17) is 4.42 Å². The zero-order valence-electron chi connectivity index (χ0n) is 12.8.